The number of hydrogen-bond acceptors (Lipinski definition) is 2. The standard InChI is InChI=1S/C13H16ClN3/c1-13(2,9-15)12-6-7-17(16-12)11-5-3-4-10(14)8-11/h3-8H,9,15H2,1-2H3. The van der Waals surface area contributed by atoms with Crippen LogP contribution in [0.2, 0.25) is 5.02 Å². The van der Waals surface area contributed by atoms with Crippen LogP contribution in [0.5, 0.6) is 0 Å². The van der Waals surface area contributed by atoms with E-state index in [1.54, 1.807) is 0 Å². The molecule has 0 saturated carbocycles. The Labute approximate surface area is 106 Å². The summed E-state index contributed by atoms with van der Waals surface area (Å²) in [5, 5.41) is 5.25. The predicted molar refractivity (Wildman–Crippen MR) is 70.7 cm³/mol. The highest BCUT2D eigenvalue weighted by molar-refractivity contribution is 6.30. The van der Waals surface area contributed by atoms with Gasteiger partial charge in [-0.05, 0) is 24.3 Å². The Morgan fingerprint density at radius 3 is 2.76 bits per heavy atom. The van der Waals surface area contributed by atoms with E-state index in [1.807, 2.05) is 41.2 Å². The number of benzene rings is 1. The van der Waals surface area contributed by atoms with Crippen molar-refractivity contribution in [3.05, 3.63) is 47.2 Å². The molecule has 1 heterocycles. The maximum Gasteiger partial charge on any atom is 0.0697 e. The third-order valence-corrected chi connectivity index (χ3v) is 3.10. The molecule has 1 aromatic heterocycles. The van der Waals surface area contributed by atoms with E-state index in [2.05, 4.69) is 18.9 Å². The fourth-order valence-corrected chi connectivity index (χ4v) is 1.74. The van der Waals surface area contributed by atoms with E-state index in [4.69, 9.17) is 17.3 Å². The number of nitrogens with zero attached hydrogens (tertiary/aromatic N) is 2. The zero-order valence-corrected chi connectivity index (χ0v) is 10.8. The van der Waals surface area contributed by atoms with Gasteiger partial charge in [-0.2, -0.15) is 5.10 Å². The summed E-state index contributed by atoms with van der Waals surface area (Å²) in [5.41, 5.74) is 7.57. The average molecular weight is 250 g/mol. The second-order valence-corrected chi connectivity index (χ2v) is 5.15. The number of rotatable bonds is 3. The summed E-state index contributed by atoms with van der Waals surface area (Å²) in [7, 11) is 0. The van der Waals surface area contributed by atoms with Crippen LogP contribution in [-0.2, 0) is 5.41 Å². The Kier molecular flexibility index (Phi) is 3.22. The van der Waals surface area contributed by atoms with E-state index in [9.17, 15) is 0 Å². The molecule has 0 atom stereocenters. The van der Waals surface area contributed by atoms with Gasteiger partial charge in [-0.25, -0.2) is 4.68 Å². The van der Waals surface area contributed by atoms with Gasteiger partial charge < -0.3 is 5.73 Å². The first kappa shape index (κ1) is 12.1. The summed E-state index contributed by atoms with van der Waals surface area (Å²) in [5.74, 6) is 0. The molecule has 2 aromatic rings. The molecule has 0 aliphatic rings. The Morgan fingerprint density at radius 1 is 1.35 bits per heavy atom. The summed E-state index contributed by atoms with van der Waals surface area (Å²) in [4.78, 5) is 0. The third kappa shape index (κ3) is 2.51. The van der Waals surface area contributed by atoms with Gasteiger partial charge in [0.05, 0.1) is 11.4 Å². The highest BCUT2D eigenvalue weighted by atomic mass is 35.5. The van der Waals surface area contributed by atoms with Gasteiger partial charge in [-0.15, -0.1) is 0 Å². The Bertz CT molecular complexity index is 517. The molecule has 90 valence electrons. The van der Waals surface area contributed by atoms with Crippen LogP contribution in [0.25, 0.3) is 5.69 Å². The number of aromatic nitrogens is 2. The summed E-state index contributed by atoms with van der Waals surface area (Å²) in [6.45, 7) is 4.73. The number of halogens is 1. The first-order valence-corrected chi connectivity index (χ1v) is 5.93. The lowest BCUT2D eigenvalue weighted by Crippen LogP contribution is -2.28. The topological polar surface area (TPSA) is 43.8 Å². The van der Waals surface area contributed by atoms with Crippen LogP contribution in [0, 0.1) is 0 Å². The highest BCUT2D eigenvalue weighted by Crippen LogP contribution is 2.21. The first-order chi connectivity index (χ1) is 8.03. The molecule has 4 heteroatoms. The molecule has 2 N–H and O–H groups in total. The van der Waals surface area contributed by atoms with Gasteiger partial charge in [0.1, 0.15) is 0 Å². The van der Waals surface area contributed by atoms with Crippen LogP contribution < -0.4 is 5.73 Å². The molecule has 0 aliphatic heterocycles. The molecule has 0 amide bonds. The van der Waals surface area contributed by atoms with Crippen molar-refractivity contribution in [3.63, 3.8) is 0 Å². The lowest BCUT2D eigenvalue weighted by Gasteiger charge is -2.19. The molecule has 0 fully saturated rings. The van der Waals surface area contributed by atoms with Crippen LogP contribution in [0.15, 0.2) is 36.5 Å². The Hall–Kier alpha value is -1.32. The predicted octanol–water partition coefficient (Wildman–Crippen LogP) is 2.76. The SMILES string of the molecule is CC(C)(CN)c1ccn(-c2cccc(Cl)c2)n1. The van der Waals surface area contributed by atoms with Crippen molar-refractivity contribution >= 4 is 11.6 Å². The van der Waals surface area contributed by atoms with Crippen LogP contribution in [0.1, 0.15) is 19.5 Å². The summed E-state index contributed by atoms with van der Waals surface area (Å²) in [6, 6.07) is 9.60. The molecule has 0 unspecified atom stereocenters. The van der Waals surface area contributed by atoms with Gasteiger partial charge >= 0.3 is 0 Å². The second-order valence-electron chi connectivity index (χ2n) is 4.71. The quantitative estimate of drug-likeness (QED) is 0.909. The van der Waals surface area contributed by atoms with Crippen molar-refractivity contribution in [2.24, 2.45) is 5.73 Å². The van der Waals surface area contributed by atoms with Crippen molar-refractivity contribution in [2.75, 3.05) is 6.54 Å². The van der Waals surface area contributed by atoms with Gasteiger partial charge in [-0.1, -0.05) is 31.5 Å². The third-order valence-electron chi connectivity index (χ3n) is 2.87. The zero-order valence-electron chi connectivity index (χ0n) is 10.0. The molecule has 3 nitrogen and oxygen atoms in total. The van der Waals surface area contributed by atoms with Gasteiger partial charge in [0.15, 0.2) is 0 Å². The lowest BCUT2D eigenvalue weighted by atomic mass is 9.90. The zero-order chi connectivity index (χ0) is 12.5. The van der Waals surface area contributed by atoms with Crippen molar-refractivity contribution in [3.8, 4) is 5.69 Å². The minimum atomic E-state index is -0.107. The van der Waals surface area contributed by atoms with Crippen molar-refractivity contribution in [1.29, 1.82) is 0 Å². The number of nitrogens with two attached hydrogens (primary N) is 1. The summed E-state index contributed by atoms with van der Waals surface area (Å²) in [6.07, 6.45) is 1.93. The van der Waals surface area contributed by atoms with E-state index >= 15 is 0 Å². The highest BCUT2D eigenvalue weighted by Gasteiger charge is 2.21. The molecule has 0 saturated heterocycles. The second kappa shape index (κ2) is 4.51. The Morgan fingerprint density at radius 2 is 2.12 bits per heavy atom. The fraction of sp³-hybridized carbons (Fsp3) is 0.308. The van der Waals surface area contributed by atoms with Gasteiger partial charge in [0.25, 0.3) is 0 Å². The maximum absolute atomic E-state index is 5.96. The van der Waals surface area contributed by atoms with Gasteiger partial charge in [-0.3, -0.25) is 0 Å². The molecule has 17 heavy (non-hydrogen) atoms. The molecule has 0 radical (unpaired) electrons. The van der Waals surface area contributed by atoms with E-state index in [0.29, 0.717) is 11.6 Å². The molecular weight excluding hydrogens is 234 g/mol. The van der Waals surface area contributed by atoms with Crippen LogP contribution >= 0.6 is 11.6 Å². The van der Waals surface area contributed by atoms with Gasteiger partial charge in [0, 0.05) is 23.2 Å². The minimum absolute atomic E-state index is 0.107. The fourth-order valence-electron chi connectivity index (χ4n) is 1.55. The molecule has 1 aromatic carbocycles. The van der Waals surface area contributed by atoms with Crippen LogP contribution in [0.4, 0.5) is 0 Å². The minimum Gasteiger partial charge on any atom is -0.330 e. The van der Waals surface area contributed by atoms with Crippen molar-refractivity contribution < 1.29 is 0 Å². The molecule has 0 spiro atoms. The first-order valence-electron chi connectivity index (χ1n) is 5.55. The van der Waals surface area contributed by atoms with E-state index in [1.165, 1.54) is 0 Å². The van der Waals surface area contributed by atoms with Crippen molar-refractivity contribution in [1.82, 2.24) is 9.78 Å². The van der Waals surface area contributed by atoms with Crippen LogP contribution in [0.3, 0.4) is 0 Å². The maximum atomic E-state index is 5.96. The van der Waals surface area contributed by atoms with Gasteiger partial charge in [0.2, 0.25) is 0 Å². The molecule has 0 aliphatic carbocycles. The number of hydrogen-bond donors (Lipinski definition) is 1. The average Bonchev–Trinajstić information content (AvgIpc) is 2.79. The molecule has 0 bridgehead atoms. The normalized spacial score (nSPS) is 11.8. The largest absolute Gasteiger partial charge is 0.330 e. The monoisotopic (exact) mass is 249 g/mol. The summed E-state index contributed by atoms with van der Waals surface area (Å²) >= 11 is 5.96. The van der Waals surface area contributed by atoms with Crippen molar-refractivity contribution in [2.45, 2.75) is 19.3 Å². The lowest BCUT2D eigenvalue weighted by molar-refractivity contribution is 0.516. The van der Waals surface area contributed by atoms with Crippen LogP contribution in [-0.4, -0.2) is 16.3 Å². The summed E-state index contributed by atoms with van der Waals surface area (Å²) < 4.78 is 1.82. The molecule has 2 rings (SSSR count). The smallest absolute Gasteiger partial charge is 0.0697 e. The molecular formula is C13H16ClN3. The van der Waals surface area contributed by atoms with E-state index in [-0.39, 0.29) is 5.41 Å². The van der Waals surface area contributed by atoms with E-state index < -0.39 is 0 Å². The van der Waals surface area contributed by atoms with E-state index in [0.717, 1.165) is 11.4 Å². The Balaban J connectivity index is 2.36.